The van der Waals surface area contributed by atoms with Crippen molar-refractivity contribution in [2.24, 2.45) is 5.73 Å². The lowest BCUT2D eigenvalue weighted by Crippen LogP contribution is -2.49. The predicted molar refractivity (Wildman–Crippen MR) is 122 cm³/mol. The van der Waals surface area contributed by atoms with Gasteiger partial charge in [0.15, 0.2) is 5.11 Å². The van der Waals surface area contributed by atoms with E-state index in [2.05, 4.69) is 10.4 Å². The number of benzene rings is 3. The lowest BCUT2D eigenvalue weighted by atomic mass is 10.0. The van der Waals surface area contributed by atoms with Crippen molar-refractivity contribution in [3.8, 4) is 11.1 Å². The van der Waals surface area contributed by atoms with Crippen LogP contribution in [0.25, 0.3) is 22.0 Å². The van der Waals surface area contributed by atoms with Gasteiger partial charge in [0.25, 0.3) is 5.91 Å². The Balaban J connectivity index is 1.76. The Bertz CT molecular complexity index is 1300. The van der Waals surface area contributed by atoms with Crippen molar-refractivity contribution in [1.29, 1.82) is 0 Å². The summed E-state index contributed by atoms with van der Waals surface area (Å²) in [5.41, 5.74) is 9.78. The molecule has 1 heterocycles. The van der Waals surface area contributed by atoms with Crippen molar-refractivity contribution in [3.63, 3.8) is 0 Å². The number of amides is 1. The minimum Gasteiger partial charge on any atom is -0.374 e. The molecule has 0 saturated carbocycles. The number of rotatable bonds is 3. The fourth-order valence-corrected chi connectivity index (χ4v) is 3.59. The first-order valence-corrected chi connectivity index (χ1v) is 9.90. The van der Waals surface area contributed by atoms with Crippen LogP contribution < -0.4 is 16.2 Å². The van der Waals surface area contributed by atoms with E-state index in [4.69, 9.17) is 18.0 Å². The number of para-hydroxylation sites is 1. The van der Waals surface area contributed by atoms with Gasteiger partial charge in [-0.05, 0) is 42.0 Å². The number of nitrogens with one attached hydrogen (secondary N) is 2. The van der Waals surface area contributed by atoms with Gasteiger partial charge >= 0.3 is 6.18 Å². The van der Waals surface area contributed by atoms with Crippen molar-refractivity contribution in [3.05, 3.63) is 90.1 Å². The molecular weight excluding hydrogens is 437 g/mol. The van der Waals surface area contributed by atoms with Crippen LogP contribution in [0.15, 0.2) is 78.9 Å². The Labute approximate surface area is 186 Å². The summed E-state index contributed by atoms with van der Waals surface area (Å²) in [5.74, 6) is -0.606. The number of halogens is 3. The Morgan fingerprint density at radius 3 is 2.34 bits per heavy atom. The van der Waals surface area contributed by atoms with E-state index >= 15 is 0 Å². The van der Waals surface area contributed by atoms with Crippen LogP contribution in [-0.4, -0.2) is 16.0 Å². The molecule has 4 N–H and O–H groups in total. The highest BCUT2D eigenvalue weighted by Gasteiger charge is 2.31. The van der Waals surface area contributed by atoms with Crippen LogP contribution in [0.3, 0.4) is 0 Å². The summed E-state index contributed by atoms with van der Waals surface area (Å²) < 4.78 is 39.4. The quantitative estimate of drug-likeness (QED) is 0.292. The smallest absolute Gasteiger partial charge is 0.374 e. The number of aromatic amines is 1. The van der Waals surface area contributed by atoms with Gasteiger partial charge in [-0.15, -0.1) is 0 Å². The average molecular weight is 454 g/mol. The number of hydrogen-bond donors (Lipinski definition) is 3. The van der Waals surface area contributed by atoms with Gasteiger partial charge in [-0.25, -0.2) is 5.01 Å². The number of thiocarbonyl (C=S) groups is 1. The molecule has 3 aromatic carbocycles. The predicted octanol–water partition coefficient (Wildman–Crippen LogP) is 5.25. The fraction of sp³-hybridized carbons (Fsp3) is 0.0435. The van der Waals surface area contributed by atoms with Crippen molar-refractivity contribution < 1.29 is 18.0 Å². The zero-order valence-corrected chi connectivity index (χ0v) is 17.3. The normalized spacial score (nSPS) is 11.3. The number of nitrogens with two attached hydrogens (primary N) is 1. The van der Waals surface area contributed by atoms with E-state index in [1.807, 2.05) is 54.6 Å². The van der Waals surface area contributed by atoms with Gasteiger partial charge in [0.1, 0.15) is 5.69 Å². The maximum atomic E-state index is 13.3. The second kappa shape index (κ2) is 8.35. The van der Waals surface area contributed by atoms with Crippen LogP contribution in [-0.2, 0) is 6.18 Å². The molecule has 0 saturated heterocycles. The highest BCUT2D eigenvalue weighted by molar-refractivity contribution is 7.80. The number of H-pyrrole nitrogens is 1. The van der Waals surface area contributed by atoms with Crippen molar-refractivity contribution in [1.82, 2.24) is 10.4 Å². The van der Waals surface area contributed by atoms with Gasteiger partial charge in [0, 0.05) is 16.5 Å². The number of alkyl halides is 3. The Morgan fingerprint density at radius 2 is 1.66 bits per heavy atom. The molecule has 0 spiro atoms. The minimum absolute atomic E-state index is 0.0157. The number of anilines is 1. The van der Waals surface area contributed by atoms with Crippen LogP contribution in [0.4, 0.5) is 18.9 Å². The Morgan fingerprint density at radius 1 is 0.969 bits per heavy atom. The van der Waals surface area contributed by atoms with Gasteiger partial charge < -0.3 is 10.7 Å². The number of hydrazine groups is 1. The Kier molecular flexibility index (Phi) is 5.58. The molecule has 0 aliphatic rings. The second-order valence-corrected chi connectivity index (χ2v) is 7.37. The van der Waals surface area contributed by atoms with Gasteiger partial charge in [0.2, 0.25) is 0 Å². The molecule has 1 amide bonds. The molecule has 9 heteroatoms. The average Bonchev–Trinajstić information content (AvgIpc) is 3.17. The molecular formula is C23H17F3N4OS. The van der Waals surface area contributed by atoms with Crippen molar-refractivity contribution >= 4 is 39.8 Å². The van der Waals surface area contributed by atoms with E-state index in [-0.39, 0.29) is 16.5 Å². The SMILES string of the molecule is NC(=S)N(NC(=O)c1[nH]c2ccccc2c1-c1ccccc1)c1cccc(C(F)(F)F)c1. The lowest BCUT2D eigenvalue weighted by molar-refractivity contribution is -0.137. The highest BCUT2D eigenvalue weighted by atomic mass is 32.1. The van der Waals surface area contributed by atoms with E-state index < -0.39 is 17.6 Å². The molecule has 0 bridgehead atoms. The lowest BCUT2D eigenvalue weighted by Gasteiger charge is -2.24. The van der Waals surface area contributed by atoms with Crippen LogP contribution in [0.2, 0.25) is 0 Å². The molecule has 0 aliphatic carbocycles. The fourth-order valence-electron chi connectivity index (χ4n) is 3.44. The van der Waals surface area contributed by atoms with E-state index in [9.17, 15) is 18.0 Å². The molecule has 4 aromatic rings. The third-order valence-corrected chi connectivity index (χ3v) is 5.04. The van der Waals surface area contributed by atoms with Gasteiger partial charge in [-0.3, -0.25) is 10.2 Å². The van der Waals surface area contributed by atoms with Crippen LogP contribution in [0, 0.1) is 0 Å². The van der Waals surface area contributed by atoms with E-state index in [0.717, 1.165) is 33.6 Å². The number of hydrogen-bond acceptors (Lipinski definition) is 2. The van der Waals surface area contributed by atoms with Crippen LogP contribution in [0.5, 0.6) is 0 Å². The largest absolute Gasteiger partial charge is 0.416 e. The van der Waals surface area contributed by atoms with Crippen LogP contribution >= 0.6 is 12.2 Å². The number of carbonyl (C=O) groups excluding carboxylic acids is 1. The molecule has 0 radical (unpaired) electrons. The monoisotopic (exact) mass is 454 g/mol. The second-order valence-electron chi connectivity index (χ2n) is 6.95. The van der Waals surface area contributed by atoms with Gasteiger partial charge in [0.05, 0.1) is 11.3 Å². The van der Waals surface area contributed by atoms with E-state index in [0.29, 0.717) is 5.56 Å². The highest BCUT2D eigenvalue weighted by Crippen LogP contribution is 2.33. The summed E-state index contributed by atoms with van der Waals surface area (Å²) >= 11 is 4.99. The van der Waals surface area contributed by atoms with Gasteiger partial charge in [-0.1, -0.05) is 54.6 Å². The van der Waals surface area contributed by atoms with E-state index in [1.165, 1.54) is 12.1 Å². The van der Waals surface area contributed by atoms with Crippen LogP contribution in [0.1, 0.15) is 16.1 Å². The zero-order valence-electron chi connectivity index (χ0n) is 16.5. The maximum absolute atomic E-state index is 13.3. The first kappa shape index (κ1) is 21.4. The first-order chi connectivity index (χ1) is 15.3. The van der Waals surface area contributed by atoms with E-state index in [1.54, 1.807) is 0 Å². The Hall–Kier alpha value is -3.85. The first-order valence-electron chi connectivity index (χ1n) is 9.49. The number of fused-ring (bicyclic) bond motifs is 1. The number of carbonyl (C=O) groups is 1. The summed E-state index contributed by atoms with van der Waals surface area (Å²) in [5, 5.41) is 1.47. The van der Waals surface area contributed by atoms with Crippen molar-refractivity contribution in [2.75, 3.05) is 5.01 Å². The molecule has 5 nitrogen and oxygen atoms in total. The van der Waals surface area contributed by atoms with Crippen molar-refractivity contribution in [2.45, 2.75) is 6.18 Å². The standard InChI is InChI=1S/C23H17F3N4OS/c24-23(25,26)15-9-6-10-16(13-15)30(22(27)32)29-21(31)20-19(14-7-2-1-3-8-14)17-11-4-5-12-18(17)28-20/h1-13,28H,(H2,27,32)(H,29,31). The maximum Gasteiger partial charge on any atom is 0.416 e. The summed E-state index contributed by atoms with van der Waals surface area (Å²) in [6.07, 6.45) is -4.56. The summed E-state index contributed by atoms with van der Waals surface area (Å²) in [6, 6.07) is 21.1. The summed E-state index contributed by atoms with van der Waals surface area (Å²) in [7, 11) is 0. The third kappa shape index (κ3) is 4.15. The number of nitrogens with zero attached hydrogens (tertiary/aromatic N) is 1. The third-order valence-electron chi connectivity index (χ3n) is 4.86. The minimum atomic E-state index is -4.56. The summed E-state index contributed by atoms with van der Waals surface area (Å²) in [4.78, 5) is 16.3. The molecule has 0 aliphatic heterocycles. The molecule has 0 fully saturated rings. The molecule has 0 atom stereocenters. The molecule has 1 aromatic heterocycles. The molecule has 4 rings (SSSR count). The molecule has 0 unspecified atom stereocenters. The molecule has 32 heavy (non-hydrogen) atoms. The number of aromatic nitrogens is 1. The summed E-state index contributed by atoms with van der Waals surface area (Å²) in [6.45, 7) is 0. The molecule has 162 valence electrons. The van der Waals surface area contributed by atoms with Gasteiger partial charge in [-0.2, -0.15) is 13.2 Å². The topological polar surface area (TPSA) is 74.2 Å². The zero-order chi connectivity index (χ0) is 22.9.